The molecular weight excluding hydrogens is 268 g/mol. The highest BCUT2D eigenvalue weighted by Crippen LogP contribution is 2.19. The average Bonchev–Trinajstić information content (AvgIpc) is 2.80. The Labute approximate surface area is 110 Å². The van der Waals surface area contributed by atoms with Crippen molar-refractivity contribution in [1.82, 2.24) is 9.78 Å². The molecule has 100 valence electrons. The van der Waals surface area contributed by atoms with Gasteiger partial charge in [0.25, 0.3) is 0 Å². The predicted octanol–water partition coefficient (Wildman–Crippen LogP) is 1.03. The highest BCUT2D eigenvalue weighted by Gasteiger charge is 2.16. The first-order chi connectivity index (χ1) is 8.88. The lowest BCUT2D eigenvalue weighted by molar-refractivity contribution is 0.0696. The smallest absolute Gasteiger partial charge is 0.335 e. The van der Waals surface area contributed by atoms with Crippen LogP contribution in [0.15, 0.2) is 41.6 Å². The van der Waals surface area contributed by atoms with Gasteiger partial charge in [0.2, 0.25) is 0 Å². The molecule has 0 saturated carbocycles. The maximum absolute atomic E-state index is 11.7. The standard InChI is InChI=1S/C12H12N2O4S/c1-19(17,18)11-4-3-9(12(15)16)7-10(11)8-14-6-2-5-13-14/h2-7H,8H2,1H3,(H,15,16). The van der Waals surface area contributed by atoms with E-state index in [0.29, 0.717) is 5.56 Å². The Bertz CT molecular complexity index is 705. The fourth-order valence-electron chi connectivity index (χ4n) is 1.77. The van der Waals surface area contributed by atoms with Crippen molar-refractivity contribution in [2.24, 2.45) is 0 Å². The molecule has 1 aromatic carbocycles. The lowest BCUT2D eigenvalue weighted by Gasteiger charge is -2.09. The molecule has 0 saturated heterocycles. The second-order valence-corrected chi connectivity index (χ2v) is 6.09. The number of aromatic nitrogens is 2. The van der Waals surface area contributed by atoms with Crippen molar-refractivity contribution in [1.29, 1.82) is 0 Å². The summed E-state index contributed by atoms with van der Waals surface area (Å²) in [4.78, 5) is 11.1. The molecule has 0 bridgehead atoms. The van der Waals surface area contributed by atoms with Crippen LogP contribution < -0.4 is 0 Å². The largest absolute Gasteiger partial charge is 0.478 e. The molecule has 2 aromatic rings. The third-order valence-electron chi connectivity index (χ3n) is 2.60. The van der Waals surface area contributed by atoms with Crippen molar-refractivity contribution in [3.05, 3.63) is 47.8 Å². The maximum Gasteiger partial charge on any atom is 0.335 e. The fourth-order valence-corrected chi connectivity index (χ4v) is 2.68. The molecule has 0 atom stereocenters. The molecule has 0 aliphatic heterocycles. The first kappa shape index (κ1) is 13.3. The van der Waals surface area contributed by atoms with Gasteiger partial charge in [-0.2, -0.15) is 5.10 Å². The molecule has 0 amide bonds. The molecular formula is C12H12N2O4S. The number of carboxylic acids is 1. The van der Waals surface area contributed by atoms with Crippen LogP contribution in [0.5, 0.6) is 0 Å². The second kappa shape index (κ2) is 4.85. The highest BCUT2D eigenvalue weighted by atomic mass is 32.2. The third kappa shape index (κ3) is 3.00. The number of benzene rings is 1. The van der Waals surface area contributed by atoms with E-state index in [-0.39, 0.29) is 17.0 Å². The minimum absolute atomic E-state index is 0.0505. The highest BCUT2D eigenvalue weighted by molar-refractivity contribution is 7.90. The van der Waals surface area contributed by atoms with Crippen LogP contribution in [0.2, 0.25) is 0 Å². The zero-order valence-electron chi connectivity index (χ0n) is 10.1. The van der Waals surface area contributed by atoms with Gasteiger partial charge in [-0.3, -0.25) is 4.68 Å². The Morgan fingerprint density at radius 1 is 1.42 bits per heavy atom. The molecule has 6 nitrogen and oxygen atoms in total. The van der Waals surface area contributed by atoms with Crippen molar-refractivity contribution in [3.8, 4) is 0 Å². The molecule has 2 rings (SSSR count). The fraction of sp³-hybridized carbons (Fsp3) is 0.167. The van der Waals surface area contributed by atoms with Crippen molar-refractivity contribution in [2.75, 3.05) is 6.26 Å². The monoisotopic (exact) mass is 280 g/mol. The Morgan fingerprint density at radius 2 is 2.16 bits per heavy atom. The number of sulfone groups is 1. The molecule has 1 aromatic heterocycles. The molecule has 0 radical (unpaired) electrons. The van der Waals surface area contributed by atoms with Crippen LogP contribution >= 0.6 is 0 Å². The maximum atomic E-state index is 11.7. The van der Waals surface area contributed by atoms with Gasteiger partial charge in [0, 0.05) is 18.6 Å². The number of aromatic carboxylic acids is 1. The van der Waals surface area contributed by atoms with Crippen LogP contribution in [0.3, 0.4) is 0 Å². The van der Waals surface area contributed by atoms with E-state index in [9.17, 15) is 13.2 Å². The summed E-state index contributed by atoms with van der Waals surface area (Å²) in [6.07, 6.45) is 4.34. The van der Waals surface area contributed by atoms with E-state index >= 15 is 0 Å². The van der Waals surface area contributed by atoms with E-state index < -0.39 is 15.8 Å². The van der Waals surface area contributed by atoms with Crippen molar-refractivity contribution in [3.63, 3.8) is 0 Å². The number of carboxylic acid groups (broad SMARTS) is 1. The van der Waals surface area contributed by atoms with Crippen LogP contribution in [-0.2, 0) is 16.4 Å². The Morgan fingerprint density at radius 3 is 2.68 bits per heavy atom. The number of nitrogens with zero attached hydrogens (tertiary/aromatic N) is 2. The van der Waals surface area contributed by atoms with Gasteiger partial charge in [-0.15, -0.1) is 0 Å². The molecule has 7 heteroatoms. The van der Waals surface area contributed by atoms with E-state index in [1.165, 1.54) is 22.9 Å². The molecule has 1 heterocycles. The minimum atomic E-state index is -3.41. The van der Waals surface area contributed by atoms with E-state index in [0.717, 1.165) is 6.26 Å². The van der Waals surface area contributed by atoms with E-state index in [4.69, 9.17) is 5.11 Å². The number of hydrogen-bond donors (Lipinski definition) is 1. The Balaban J connectivity index is 2.53. The summed E-state index contributed by atoms with van der Waals surface area (Å²) < 4.78 is 24.9. The summed E-state index contributed by atoms with van der Waals surface area (Å²) in [7, 11) is -3.41. The Hall–Kier alpha value is -2.15. The number of rotatable bonds is 4. The van der Waals surface area contributed by atoms with E-state index in [1.807, 2.05) is 0 Å². The summed E-state index contributed by atoms with van der Waals surface area (Å²) in [6, 6.07) is 5.67. The minimum Gasteiger partial charge on any atom is -0.478 e. The van der Waals surface area contributed by atoms with E-state index in [1.54, 1.807) is 18.5 Å². The lowest BCUT2D eigenvalue weighted by Crippen LogP contribution is -2.09. The quantitative estimate of drug-likeness (QED) is 0.903. The van der Waals surface area contributed by atoms with Gasteiger partial charge in [-0.05, 0) is 29.8 Å². The van der Waals surface area contributed by atoms with Gasteiger partial charge >= 0.3 is 5.97 Å². The van der Waals surface area contributed by atoms with Gasteiger partial charge in [-0.25, -0.2) is 13.2 Å². The van der Waals surface area contributed by atoms with Gasteiger partial charge in [0.1, 0.15) is 0 Å². The molecule has 0 aliphatic carbocycles. The first-order valence-corrected chi connectivity index (χ1v) is 7.31. The molecule has 1 N–H and O–H groups in total. The predicted molar refractivity (Wildman–Crippen MR) is 67.8 cm³/mol. The molecule has 0 fully saturated rings. The molecule has 19 heavy (non-hydrogen) atoms. The average molecular weight is 280 g/mol. The summed E-state index contributed by atoms with van der Waals surface area (Å²) in [5, 5.41) is 12.9. The number of hydrogen-bond acceptors (Lipinski definition) is 4. The van der Waals surface area contributed by atoms with Gasteiger partial charge in [-0.1, -0.05) is 0 Å². The topological polar surface area (TPSA) is 89.3 Å². The summed E-state index contributed by atoms with van der Waals surface area (Å²) >= 11 is 0. The van der Waals surface area contributed by atoms with Gasteiger partial charge < -0.3 is 5.11 Å². The summed E-state index contributed by atoms with van der Waals surface area (Å²) in [5.74, 6) is -1.10. The van der Waals surface area contributed by atoms with Crippen molar-refractivity contribution in [2.45, 2.75) is 11.4 Å². The molecule has 0 unspecified atom stereocenters. The van der Waals surface area contributed by atoms with Crippen LogP contribution in [-0.4, -0.2) is 35.5 Å². The third-order valence-corrected chi connectivity index (χ3v) is 3.80. The van der Waals surface area contributed by atoms with Crippen molar-refractivity contribution >= 4 is 15.8 Å². The molecule has 0 aliphatic rings. The van der Waals surface area contributed by atoms with Gasteiger partial charge in [0.05, 0.1) is 17.0 Å². The van der Waals surface area contributed by atoms with Crippen LogP contribution in [0.1, 0.15) is 15.9 Å². The van der Waals surface area contributed by atoms with Crippen LogP contribution in [0.25, 0.3) is 0 Å². The number of carbonyl (C=O) groups is 1. The summed E-state index contributed by atoms with van der Waals surface area (Å²) in [5.41, 5.74) is 0.459. The van der Waals surface area contributed by atoms with Crippen molar-refractivity contribution < 1.29 is 18.3 Å². The van der Waals surface area contributed by atoms with Crippen LogP contribution in [0, 0.1) is 0 Å². The zero-order chi connectivity index (χ0) is 14.0. The van der Waals surface area contributed by atoms with Crippen LogP contribution in [0.4, 0.5) is 0 Å². The summed E-state index contributed by atoms with van der Waals surface area (Å²) in [6.45, 7) is 0.205. The first-order valence-electron chi connectivity index (χ1n) is 5.41. The second-order valence-electron chi connectivity index (χ2n) is 4.10. The lowest BCUT2D eigenvalue weighted by atomic mass is 10.1. The Kier molecular flexibility index (Phi) is 3.39. The van der Waals surface area contributed by atoms with Gasteiger partial charge in [0.15, 0.2) is 9.84 Å². The normalized spacial score (nSPS) is 11.4. The zero-order valence-corrected chi connectivity index (χ0v) is 11.0. The van der Waals surface area contributed by atoms with E-state index in [2.05, 4.69) is 5.10 Å². The molecule has 0 spiro atoms. The SMILES string of the molecule is CS(=O)(=O)c1ccc(C(=O)O)cc1Cn1cccn1.